The molecule has 1 aromatic heterocycles. The summed E-state index contributed by atoms with van der Waals surface area (Å²) in [6, 6.07) is 16.7. The average molecular weight is 422 g/mol. The first kappa shape index (κ1) is 20.6. The van der Waals surface area contributed by atoms with E-state index in [2.05, 4.69) is 27.7 Å². The summed E-state index contributed by atoms with van der Waals surface area (Å²) in [4.78, 5) is 19.5. The number of carbonyl (C=O) groups is 1. The lowest BCUT2D eigenvalue weighted by atomic mass is 10.2. The third kappa shape index (κ3) is 5.68. The summed E-state index contributed by atoms with van der Waals surface area (Å²) < 4.78 is 5.25. The van der Waals surface area contributed by atoms with Gasteiger partial charge in [0.25, 0.3) is 0 Å². The lowest BCUT2D eigenvalue weighted by Gasteiger charge is -2.21. The third-order valence-electron chi connectivity index (χ3n) is 5.22. The highest BCUT2D eigenvalue weighted by atomic mass is 32.1. The quantitative estimate of drug-likeness (QED) is 0.539. The smallest absolute Gasteiger partial charge is 0.231 e. The molecular weight excluding hydrogens is 394 g/mol. The largest absolute Gasteiger partial charge is 0.497 e. The zero-order valence-electron chi connectivity index (χ0n) is 17.4. The van der Waals surface area contributed by atoms with Crippen LogP contribution in [0.4, 0.5) is 5.69 Å². The van der Waals surface area contributed by atoms with Gasteiger partial charge in [-0.25, -0.2) is 4.98 Å². The number of aryl methyl sites for hydroxylation is 1. The van der Waals surface area contributed by atoms with Gasteiger partial charge in [-0.05, 0) is 49.6 Å². The summed E-state index contributed by atoms with van der Waals surface area (Å²) in [6.45, 7) is 3.74. The molecule has 0 aliphatic heterocycles. The number of amides is 1. The molecule has 1 amide bonds. The number of methoxy groups -OCH3 is 1. The first-order valence-corrected chi connectivity index (χ1v) is 11.1. The molecule has 1 fully saturated rings. The number of thiazole rings is 1. The Balaban J connectivity index is 1.33. The number of nitrogens with zero attached hydrogens (tertiary/aromatic N) is 2. The molecule has 4 rings (SSSR count). The van der Waals surface area contributed by atoms with Crippen molar-refractivity contribution in [2.24, 2.45) is 0 Å². The summed E-state index contributed by atoms with van der Waals surface area (Å²) in [5.41, 5.74) is 4.31. The van der Waals surface area contributed by atoms with Crippen LogP contribution in [0.1, 0.15) is 34.7 Å². The molecular formula is C24H27N3O2S. The molecule has 0 spiro atoms. The number of rotatable bonds is 9. The Kier molecular flexibility index (Phi) is 6.45. The summed E-state index contributed by atoms with van der Waals surface area (Å²) in [7, 11) is 1.69. The zero-order valence-corrected chi connectivity index (χ0v) is 18.2. The van der Waals surface area contributed by atoms with Crippen molar-refractivity contribution in [2.45, 2.75) is 45.3 Å². The predicted molar refractivity (Wildman–Crippen MR) is 121 cm³/mol. The monoisotopic (exact) mass is 421 g/mol. The van der Waals surface area contributed by atoms with E-state index in [9.17, 15) is 4.79 Å². The van der Waals surface area contributed by atoms with Crippen molar-refractivity contribution >= 4 is 22.9 Å². The molecule has 1 N–H and O–H groups in total. The lowest BCUT2D eigenvalue weighted by molar-refractivity contribution is -0.115. The van der Waals surface area contributed by atoms with Crippen LogP contribution in [0, 0.1) is 6.92 Å². The van der Waals surface area contributed by atoms with E-state index in [1.807, 2.05) is 43.3 Å². The van der Waals surface area contributed by atoms with Gasteiger partial charge in [-0.1, -0.05) is 29.8 Å². The van der Waals surface area contributed by atoms with Crippen LogP contribution in [0.2, 0.25) is 0 Å². The van der Waals surface area contributed by atoms with Gasteiger partial charge >= 0.3 is 0 Å². The second-order valence-corrected chi connectivity index (χ2v) is 8.75. The zero-order chi connectivity index (χ0) is 20.9. The maximum Gasteiger partial charge on any atom is 0.231 e. The molecule has 6 heteroatoms. The Labute approximate surface area is 181 Å². The van der Waals surface area contributed by atoms with Gasteiger partial charge < -0.3 is 10.1 Å². The summed E-state index contributed by atoms with van der Waals surface area (Å²) >= 11 is 1.56. The molecule has 1 aliphatic carbocycles. The lowest BCUT2D eigenvalue weighted by Crippen LogP contribution is -2.25. The van der Waals surface area contributed by atoms with Crippen LogP contribution >= 0.6 is 11.3 Å². The molecule has 0 radical (unpaired) electrons. The molecule has 0 bridgehead atoms. The van der Waals surface area contributed by atoms with Gasteiger partial charge in [0, 0.05) is 30.2 Å². The molecule has 0 atom stereocenters. The standard InChI is InChI=1S/C24H27N3O2S/c1-17-3-7-19(8-4-17)25-23(28)13-24-26-20(16-30-24)15-27(21-9-10-21)14-18-5-11-22(29-2)12-6-18/h3-8,11-12,16,21H,9-10,13-15H2,1-2H3,(H,25,28). The third-order valence-corrected chi connectivity index (χ3v) is 6.12. The van der Waals surface area contributed by atoms with E-state index in [4.69, 9.17) is 9.72 Å². The molecule has 1 aliphatic rings. The molecule has 0 unspecified atom stereocenters. The van der Waals surface area contributed by atoms with Crippen LogP contribution < -0.4 is 10.1 Å². The number of carbonyl (C=O) groups excluding carboxylic acids is 1. The van der Waals surface area contributed by atoms with E-state index in [0.717, 1.165) is 35.2 Å². The molecule has 2 aromatic carbocycles. The van der Waals surface area contributed by atoms with Crippen LogP contribution in [0.15, 0.2) is 53.9 Å². The van der Waals surface area contributed by atoms with Crippen molar-refractivity contribution in [3.05, 3.63) is 75.7 Å². The van der Waals surface area contributed by atoms with Crippen molar-refractivity contribution in [3.63, 3.8) is 0 Å². The van der Waals surface area contributed by atoms with Gasteiger partial charge in [0.05, 0.1) is 19.2 Å². The number of hydrogen-bond donors (Lipinski definition) is 1. The van der Waals surface area contributed by atoms with Gasteiger partial charge in [0.15, 0.2) is 0 Å². The predicted octanol–water partition coefficient (Wildman–Crippen LogP) is 4.81. The van der Waals surface area contributed by atoms with Crippen LogP contribution in [0.25, 0.3) is 0 Å². The highest BCUT2D eigenvalue weighted by molar-refractivity contribution is 7.09. The Morgan fingerprint density at radius 3 is 2.53 bits per heavy atom. The van der Waals surface area contributed by atoms with Crippen LogP contribution in [0.3, 0.4) is 0 Å². The fourth-order valence-electron chi connectivity index (χ4n) is 3.41. The van der Waals surface area contributed by atoms with E-state index < -0.39 is 0 Å². The second-order valence-electron chi connectivity index (χ2n) is 7.81. The number of aromatic nitrogens is 1. The Hall–Kier alpha value is -2.70. The number of anilines is 1. The highest BCUT2D eigenvalue weighted by Gasteiger charge is 2.29. The number of nitrogens with one attached hydrogen (secondary N) is 1. The summed E-state index contributed by atoms with van der Waals surface area (Å²) in [5.74, 6) is 0.849. The minimum Gasteiger partial charge on any atom is -0.497 e. The van der Waals surface area contributed by atoms with Gasteiger partial charge in [-0.3, -0.25) is 9.69 Å². The van der Waals surface area contributed by atoms with Crippen molar-refractivity contribution in [2.75, 3.05) is 12.4 Å². The minimum absolute atomic E-state index is 0.0305. The van der Waals surface area contributed by atoms with Gasteiger partial charge in [-0.15, -0.1) is 11.3 Å². The SMILES string of the molecule is COc1ccc(CN(Cc2csc(CC(=O)Nc3ccc(C)cc3)n2)C2CC2)cc1. The minimum atomic E-state index is -0.0305. The van der Waals surface area contributed by atoms with Gasteiger partial charge in [-0.2, -0.15) is 0 Å². The van der Waals surface area contributed by atoms with E-state index in [-0.39, 0.29) is 5.91 Å². The molecule has 30 heavy (non-hydrogen) atoms. The van der Waals surface area contributed by atoms with Crippen molar-refractivity contribution in [1.29, 1.82) is 0 Å². The van der Waals surface area contributed by atoms with Crippen molar-refractivity contribution in [1.82, 2.24) is 9.88 Å². The fourth-order valence-corrected chi connectivity index (χ4v) is 4.19. The summed E-state index contributed by atoms with van der Waals surface area (Å²) in [5, 5.41) is 5.88. The second kappa shape index (κ2) is 9.41. The van der Waals surface area contributed by atoms with E-state index in [1.165, 1.54) is 24.0 Å². The van der Waals surface area contributed by atoms with Crippen LogP contribution in [-0.4, -0.2) is 28.9 Å². The van der Waals surface area contributed by atoms with Gasteiger partial charge in [0.2, 0.25) is 5.91 Å². The maximum absolute atomic E-state index is 12.3. The van der Waals surface area contributed by atoms with Crippen molar-refractivity contribution < 1.29 is 9.53 Å². The number of ether oxygens (including phenoxy) is 1. The molecule has 1 heterocycles. The molecule has 3 aromatic rings. The average Bonchev–Trinajstić information content (AvgIpc) is 3.51. The maximum atomic E-state index is 12.3. The molecule has 5 nitrogen and oxygen atoms in total. The number of hydrogen-bond acceptors (Lipinski definition) is 5. The first-order chi connectivity index (χ1) is 14.6. The van der Waals surface area contributed by atoms with E-state index in [0.29, 0.717) is 12.5 Å². The van der Waals surface area contributed by atoms with Crippen LogP contribution in [-0.2, 0) is 24.3 Å². The van der Waals surface area contributed by atoms with Crippen molar-refractivity contribution in [3.8, 4) is 5.75 Å². The Morgan fingerprint density at radius 1 is 1.13 bits per heavy atom. The van der Waals surface area contributed by atoms with Gasteiger partial charge in [0.1, 0.15) is 10.8 Å². The summed E-state index contributed by atoms with van der Waals surface area (Å²) in [6.07, 6.45) is 2.79. The highest BCUT2D eigenvalue weighted by Crippen LogP contribution is 2.30. The number of benzene rings is 2. The Bertz CT molecular complexity index is 978. The van der Waals surface area contributed by atoms with E-state index in [1.54, 1.807) is 18.4 Å². The molecule has 156 valence electrons. The first-order valence-electron chi connectivity index (χ1n) is 10.3. The fraction of sp³-hybridized carbons (Fsp3) is 0.333. The Morgan fingerprint density at radius 2 is 1.87 bits per heavy atom. The van der Waals surface area contributed by atoms with E-state index >= 15 is 0 Å². The normalized spacial score (nSPS) is 13.4. The molecule has 1 saturated carbocycles. The topological polar surface area (TPSA) is 54.5 Å². The molecule has 0 saturated heterocycles. The van der Waals surface area contributed by atoms with Crippen LogP contribution in [0.5, 0.6) is 5.75 Å².